The summed E-state index contributed by atoms with van der Waals surface area (Å²) in [7, 11) is 0. The number of hydrogen-bond acceptors (Lipinski definition) is 1. The lowest BCUT2D eigenvalue weighted by molar-refractivity contribution is 0.106. The van der Waals surface area contributed by atoms with Gasteiger partial charge in [0.15, 0.2) is 0 Å². The standard InChI is InChI=1S/C23H18O/c1-23(2)21-13-17-9-5-3-7-15(17)11-19(21)20-12-16-8-4-6-10-18(16)14-22(20)24-23/h3-14H,1-2H3. The van der Waals surface area contributed by atoms with Crippen LogP contribution in [0.5, 0.6) is 5.75 Å². The highest BCUT2D eigenvalue weighted by Crippen LogP contribution is 2.47. The van der Waals surface area contributed by atoms with E-state index in [9.17, 15) is 0 Å². The summed E-state index contributed by atoms with van der Waals surface area (Å²) in [5.74, 6) is 0.974. The SMILES string of the molecule is CC1(C)Oc2cc3ccccc3cc2-c2cc3ccccc3cc21. The van der Waals surface area contributed by atoms with Crippen molar-refractivity contribution >= 4 is 21.5 Å². The lowest BCUT2D eigenvalue weighted by Gasteiger charge is -2.35. The van der Waals surface area contributed by atoms with Crippen molar-refractivity contribution < 1.29 is 4.74 Å². The molecule has 0 fully saturated rings. The van der Waals surface area contributed by atoms with E-state index in [0.717, 1.165) is 5.75 Å². The quantitative estimate of drug-likeness (QED) is 0.371. The Balaban J connectivity index is 1.89. The summed E-state index contributed by atoms with van der Waals surface area (Å²) in [6, 6.07) is 26.0. The highest BCUT2D eigenvalue weighted by atomic mass is 16.5. The first-order valence-corrected chi connectivity index (χ1v) is 8.37. The summed E-state index contributed by atoms with van der Waals surface area (Å²) in [4.78, 5) is 0. The third-order valence-corrected chi connectivity index (χ3v) is 5.04. The van der Waals surface area contributed by atoms with Gasteiger partial charge < -0.3 is 4.74 Å². The zero-order valence-electron chi connectivity index (χ0n) is 13.8. The van der Waals surface area contributed by atoms with Crippen LogP contribution < -0.4 is 4.74 Å². The Bertz CT molecular complexity index is 1110. The maximum Gasteiger partial charge on any atom is 0.129 e. The molecule has 0 saturated heterocycles. The molecule has 1 heteroatoms. The Morgan fingerprint density at radius 3 is 1.75 bits per heavy atom. The summed E-state index contributed by atoms with van der Waals surface area (Å²) in [5.41, 5.74) is 3.39. The van der Waals surface area contributed by atoms with E-state index in [0.29, 0.717) is 0 Å². The topological polar surface area (TPSA) is 9.23 Å². The van der Waals surface area contributed by atoms with Crippen molar-refractivity contribution in [2.45, 2.75) is 19.4 Å². The molecule has 116 valence electrons. The van der Waals surface area contributed by atoms with Gasteiger partial charge >= 0.3 is 0 Å². The van der Waals surface area contributed by atoms with Gasteiger partial charge in [0.1, 0.15) is 11.4 Å². The third-order valence-electron chi connectivity index (χ3n) is 5.04. The molecule has 1 aliphatic rings. The van der Waals surface area contributed by atoms with E-state index in [4.69, 9.17) is 4.74 Å². The van der Waals surface area contributed by atoms with Gasteiger partial charge in [-0.1, -0.05) is 48.5 Å². The molecule has 0 amide bonds. The van der Waals surface area contributed by atoms with Gasteiger partial charge in [0.2, 0.25) is 0 Å². The third kappa shape index (κ3) is 1.88. The second-order valence-electron chi connectivity index (χ2n) is 7.05. The van der Waals surface area contributed by atoms with Crippen LogP contribution in [0, 0.1) is 0 Å². The Morgan fingerprint density at radius 1 is 0.625 bits per heavy atom. The van der Waals surface area contributed by atoms with Gasteiger partial charge in [-0.15, -0.1) is 0 Å². The van der Waals surface area contributed by atoms with Crippen molar-refractivity contribution in [3.8, 4) is 16.9 Å². The van der Waals surface area contributed by atoms with Crippen molar-refractivity contribution in [2.24, 2.45) is 0 Å². The predicted octanol–water partition coefficient (Wildman–Crippen LogP) is 6.29. The Labute approximate surface area is 141 Å². The van der Waals surface area contributed by atoms with Gasteiger partial charge in [-0.25, -0.2) is 0 Å². The molecule has 0 aromatic heterocycles. The number of rotatable bonds is 0. The minimum Gasteiger partial charge on any atom is -0.482 e. The fraction of sp³-hybridized carbons (Fsp3) is 0.130. The van der Waals surface area contributed by atoms with Crippen molar-refractivity contribution in [3.05, 3.63) is 78.4 Å². The Kier molecular flexibility index (Phi) is 2.62. The van der Waals surface area contributed by atoms with Crippen molar-refractivity contribution in [1.82, 2.24) is 0 Å². The van der Waals surface area contributed by atoms with E-state index in [1.807, 2.05) is 0 Å². The average Bonchev–Trinajstić information content (AvgIpc) is 2.59. The highest BCUT2D eigenvalue weighted by Gasteiger charge is 2.33. The smallest absolute Gasteiger partial charge is 0.129 e. The van der Waals surface area contributed by atoms with Gasteiger partial charge in [0, 0.05) is 11.1 Å². The lowest BCUT2D eigenvalue weighted by atomic mass is 9.84. The number of hydrogen-bond donors (Lipinski definition) is 0. The van der Waals surface area contributed by atoms with E-state index in [1.165, 1.54) is 38.2 Å². The normalized spacial score (nSPS) is 14.9. The average molecular weight is 310 g/mol. The molecule has 0 radical (unpaired) electrons. The van der Waals surface area contributed by atoms with Crippen molar-refractivity contribution in [3.63, 3.8) is 0 Å². The maximum absolute atomic E-state index is 6.40. The van der Waals surface area contributed by atoms with E-state index in [2.05, 4.69) is 86.6 Å². The van der Waals surface area contributed by atoms with Crippen LogP contribution in [0.3, 0.4) is 0 Å². The molecule has 0 aliphatic carbocycles. The van der Waals surface area contributed by atoms with Crippen LogP contribution in [-0.2, 0) is 5.60 Å². The maximum atomic E-state index is 6.40. The fourth-order valence-electron chi connectivity index (χ4n) is 3.81. The summed E-state index contributed by atoms with van der Waals surface area (Å²) < 4.78 is 6.40. The molecule has 0 bridgehead atoms. The minimum atomic E-state index is -0.338. The molecule has 1 aliphatic heterocycles. The first-order valence-electron chi connectivity index (χ1n) is 8.37. The molecule has 4 aromatic carbocycles. The lowest BCUT2D eigenvalue weighted by Crippen LogP contribution is -2.29. The molecule has 0 N–H and O–H groups in total. The molecule has 0 unspecified atom stereocenters. The van der Waals surface area contributed by atoms with E-state index >= 15 is 0 Å². The Morgan fingerprint density at radius 2 is 1.12 bits per heavy atom. The zero-order valence-corrected chi connectivity index (χ0v) is 13.8. The molecule has 0 spiro atoms. The van der Waals surface area contributed by atoms with Gasteiger partial charge in [-0.05, 0) is 65.2 Å². The molecule has 5 rings (SSSR count). The van der Waals surface area contributed by atoms with Crippen LogP contribution in [0.15, 0.2) is 72.8 Å². The van der Waals surface area contributed by atoms with E-state index < -0.39 is 0 Å². The minimum absolute atomic E-state index is 0.338. The monoisotopic (exact) mass is 310 g/mol. The summed E-state index contributed by atoms with van der Waals surface area (Å²) in [5, 5.41) is 5.00. The van der Waals surface area contributed by atoms with Crippen LogP contribution in [0.1, 0.15) is 19.4 Å². The van der Waals surface area contributed by atoms with E-state index in [-0.39, 0.29) is 5.60 Å². The van der Waals surface area contributed by atoms with Gasteiger partial charge in [-0.3, -0.25) is 0 Å². The highest BCUT2D eigenvalue weighted by molar-refractivity contribution is 5.96. The zero-order chi connectivity index (χ0) is 16.3. The van der Waals surface area contributed by atoms with Gasteiger partial charge in [0.25, 0.3) is 0 Å². The molecule has 1 nitrogen and oxygen atoms in total. The molecule has 1 heterocycles. The van der Waals surface area contributed by atoms with Crippen molar-refractivity contribution in [1.29, 1.82) is 0 Å². The molecular formula is C23H18O. The number of benzene rings is 4. The fourth-order valence-corrected chi connectivity index (χ4v) is 3.81. The molecular weight excluding hydrogens is 292 g/mol. The van der Waals surface area contributed by atoms with E-state index in [1.54, 1.807) is 0 Å². The van der Waals surface area contributed by atoms with Gasteiger partial charge in [-0.2, -0.15) is 0 Å². The first kappa shape index (κ1) is 13.6. The first-order chi connectivity index (χ1) is 11.6. The molecule has 4 aromatic rings. The summed E-state index contributed by atoms with van der Waals surface area (Å²) in [6.45, 7) is 4.30. The van der Waals surface area contributed by atoms with Gasteiger partial charge in [0.05, 0.1) is 0 Å². The molecule has 24 heavy (non-hydrogen) atoms. The summed E-state index contributed by atoms with van der Waals surface area (Å²) >= 11 is 0. The number of fused-ring (bicyclic) bond motifs is 5. The Hall–Kier alpha value is -2.80. The predicted molar refractivity (Wildman–Crippen MR) is 101 cm³/mol. The van der Waals surface area contributed by atoms with Crippen LogP contribution in [0.4, 0.5) is 0 Å². The van der Waals surface area contributed by atoms with Crippen LogP contribution in [-0.4, -0.2) is 0 Å². The number of ether oxygens (including phenoxy) is 1. The molecule has 0 atom stereocenters. The van der Waals surface area contributed by atoms with Crippen molar-refractivity contribution in [2.75, 3.05) is 0 Å². The second kappa shape index (κ2) is 4.61. The summed E-state index contributed by atoms with van der Waals surface area (Å²) in [6.07, 6.45) is 0. The van der Waals surface area contributed by atoms with Crippen LogP contribution >= 0.6 is 0 Å². The van der Waals surface area contributed by atoms with Crippen LogP contribution in [0.25, 0.3) is 32.7 Å². The largest absolute Gasteiger partial charge is 0.482 e. The van der Waals surface area contributed by atoms with Crippen LogP contribution in [0.2, 0.25) is 0 Å². The molecule has 0 saturated carbocycles. The second-order valence-corrected chi connectivity index (χ2v) is 7.05.